The van der Waals surface area contributed by atoms with Crippen LogP contribution in [0.15, 0.2) is 0 Å². The molecule has 98 valence electrons. The molecule has 4 aliphatic carbocycles. The fourth-order valence-electron chi connectivity index (χ4n) is 5.60. The van der Waals surface area contributed by atoms with Crippen LogP contribution in [0.5, 0.6) is 0 Å². The summed E-state index contributed by atoms with van der Waals surface area (Å²) in [6, 6.07) is 0. The number of quaternary nitrogens is 1. The normalized spacial score (nSPS) is 44.3. The van der Waals surface area contributed by atoms with E-state index >= 15 is 0 Å². The molecule has 0 aromatic rings. The standard InChI is InChI=1S/C16H30N/c1-4-5-6-17(2,3)16-10-13-7-14(11-16)9-15(8-13)12-16/h13-15H,4-12H2,1-3H3/q+1. The van der Waals surface area contributed by atoms with Crippen LogP contribution in [0.1, 0.15) is 58.3 Å². The Morgan fingerprint density at radius 2 is 1.41 bits per heavy atom. The van der Waals surface area contributed by atoms with Crippen LogP contribution in [0.25, 0.3) is 0 Å². The van der Waals surface area contributed by atoms with Gasteiger partial charge in [0.25, 0.3) is 0 Å². The van der Waals surface area contributed by atoms with Crippen molar-refractivity contribution in [3.05, 3.63) is 0 Å². The van der Waals surface area contributed by atoms with E-state index in [1.54, 1.807) is 38.5 Å². The van der Waals surface area contributed by atoms with E-state index in [9.17, 15) is 0 Å². The van der Waals surface area contributed by atoms with E-state index in [0.717, 1.165) is 17.8 Å². The van der Waals surface area contributed by atoms with Crippen LogP contribution >= 0.6 is 0 Å². The van der Waals surface area contributed by atoms with Crippen LogP contribution in [-0.4, -0.2) is 30.7 Å². The summed E-state index contributed by atoms with van der Waals surface area (Å²) in [5.74, 6) is 3.29. The molecule has 4 saturated carbocycles. The molecule has 0 spiro atoms. The van der Waals surface area contributed by atoms with E-state index < -0.39 is 0 Å². The van der Waals surface area contributed by atoms with E-state index in [0.29, 0.717) is 5.54 Å². The Hall–Kier alpha value is -0.0400. The van der Waals surface area contributed by atoms with Gasteiger partial charge in [-0.25, -0.2) is 0 Å². The van der Waals surface area contributed by atoms with Crippen LogP contribution in [0, 0.1) is 17.8 Å². The van der Waals surface area contributed by atoms with Crippen molar-refractivity contribution in [3.63, 3.8) is 0 Å². The number of nitrogens with zero attached hydrogens (tertiary/aromatic N) is 1. The molecule has 1 nitrogen and oxygen atoms in total. The van der Waals surface area contributed by atoms with Gasteiger partial charge in [-0.3, -0.25) is 0 Å². The van der Waals surface area contributed by atoms with Gasteiger partial charge >= 0.3 is 0 Å². The van der Waals surface area contributed by atoms with E-state index in [-0.39, 0.29) is 0 Å². The van der Waals surface area contributed by atoms with Crippen molar-refractivity contribution in [2.24, 2.45) is 17.8 Å². The summed E-state index contributed by atoms with van der Waals surface area (Å²) in [4.78, 5) is 0. The Kier molecular flexibility index (Phi) is 2.81. The maximum absolute atomic E-state index is 2.53. The second kappa shape index (κ2) is 3.98. The highest BCUT2D eigenvalue weighted by atomic mass is 15.4. The molecule has 0 aromatic carbocycles. The summed E-state index contributed by atoms with van der Waals surface area (Å²) in [7, 11) is 5.06. The van der Waals surface area contributed by atoms with Crippen molar-refractivity contribution >= 4 is 0 Å². The lowest BCUT2D eigenvalue weighted by Crippen LogP contribution is -2.67. The molecule has 0 N–H and O–H groups in total. The molecule has 0 heterocycles. The molecule has 1 heteroatoms. The number of rotatable bonds is 4. The highest BCUT2D eigenvalue weighted by Crippen LogP contribution is 2.59. The maximum Gasteiger partial charge on any atom is 0.0996 e. The largest absolute Gasteiger partial charge is 0.324 e. The van der Waals surface area contributed by atoms with Crippen LogP contribution in [0.4, 0.5) is 0 Å². The monoisotopic (exact) mass is 236 g/mol. The van der Waals surface area contributed by atoms with Gasteiger partial charge in [-0.15, -0.1) is 0 Å². The Bertz CT molecular complexity index is 257. The molecule has 0 unspecified atom stereocenters. The molecule has 0 amide bonds. The zero-order valence-electron chi connectivity index (χ0n) is 12.0. The molecule has 4 aliphatic rings. The SMILES string of the molecule is CCCC[N+](C)(C)C12CC3CC(CC(C3)C1)C2. The predicted octanol–water partition coefficient (Wildman–Crippen LogP) is 3.83. The van der Waals surface area contributed by atoms with Crippen LogP contribution in [0.3, 0.4) is 0 Å². The summed E-state index contributed by atoms with van der Waals surface area (Å²) in [6.45, 7) is 3.74. The Morgan fingerprint density at radius 3 is 1.82 bits per heavy atom. The Labute approximate surface area is 107 Å². The van der Waals surface area contributed by atoms with Gasteiger partial charge in [0.2, 0.25) is 0 Å². The summed E-state index contributed by atoms with van der Waals surface area (Å²) in [5, 5.41) is 0. The minimum absolute atomic E-state index is 0.684. The van der Waals surface area contributed by atoms with Gasteiger partial charge in [-0.2, -0.15) is 0 Å². The first-order valence-corrected chi connectivity index (χ1v) is 7.88. The van der Waals surface area contributed by atoms with Crippen LogP contribution in [-0.2, 0) is 0 Å². The smallest absolute Gasteiger partial charge is 0.0996 e. The first kappa shape index (κ1) is 12.0. The maximum atomic E-state index is 2.53. The zero-order chi connectivity index (χ0) is 12.1. The number of hydrogen-bond acceptors (Lipinski definition) is 0. The summed E-state index contributed by atoms with van der Waals surface area (Å²) in [6.07, 6.45) is 12.1. The van der Waals surface area contributed by atoms with Gasteiger partial charge in [0.15, 0.2) is 0 Å². The Morgan fingerprint density at radius 1 is 0.941 bits per heavy atom. The van der Waals surface area contributed by atoms with E-state index in [1.165, 1.54) is 23.9 Å². The molecular weight excluding hydrogens is 206 g/mol. The van der Waals surface area contributed by atoms with Gasteiger partial charge in [0.1, 0.15) is 0 Å². The third-order valence-corrected chi connectivity index (χ3v) is 6.36. The molecule has 0 atom stereocenters. The average Bonchev–Trinajstić information content (AvgIpc) is 2.24. The molecule has 0 aromatic heterocycles. The quantitative estimate of drug-likeness (QED) is 0.651. The molecule has 0 aliphatic heterocycles. The average molecular weight is 236 g/mol. The molecule has 4 fully saturated rings. The predicted molar refractivity (Wildman–Crippen MR) is 72.8 cm³/mol. The minimum atomic E-state index is 0.684. The zero-order valence-corrected chi connectivity index (χ0v) is 12.0. The Balaban J connectivity index is 1.81. The molecule has 4 bridgehead atoms. The van der Waals surface area contributed by atoms with Crippen molar-refractivity contribution in [2.45, 2.75) is 63.8 Å². The summed E-state index contributed by atoms with van der Waals surface area (Å²) < 4.78 is 1.32. The third kappa shape index (κ3) is 1.85. The lowest BCUT2D eigenvalue weighted by atomic mass is 9.52. The first-order chi connectivity index (χ1) is 8.05. The van der Waals surface area contributed by atoms with Gasteiger partial charge < -0.3 is 4.48 Å². The summed E-state index contributed by atoms with van der Waals surface area (Å²) >= 11 is 0. The van der Waals surface area contributed by atoms with Crippen LogP contribution in [0.2, 0.25) is 0 Å². The fourth-order valence-corrected chi connectivity index (χ4v) is 5.60. The topological polar surface area (TPSA) is 0 Å². The number of unbranched alkanes of at least 4 members (excludes halogenated alkanes) is 1. The van der Waals surface area contributed by atoms with Gasteiger partial charge in [0.05, 0.1) is 26.2 Å². The van der Waals surface area contributed by atoms with E-state index in [4.69, 9.17) is 0 Å². The third-order valence-electron chi connectivity index (χ3n) is 6.36. The first-order valence-electron chi connectivity index (χ1n) is 7.88. The number of hydrogen-bond donors (Lipinski definition) is 0. The van der Waals surface area contributed by atoms with Gasteiger partial charge in [-0.05, 0) is 43.4 Å². The van der Waals surface area contributed by atoms with Crippen molar-refractivity contribution in [1.82, 2.24) is 0 Å². The lowest BCUT2D eigenvalue weighted by Gasteiger charge is -2.62. The molecular formula is C16H30N+. The molecule has 0 saturated heterocycles. The van der Waals surface area contributed by atoms with Crippen molar-refractivity contribution in [2.75, 3.05) is 20.6 Å². The summed E-state index contributed by atoms with van der Waals surface area (Å²) in [5.41, 5.74) is 0.684. The van der Waals surface area contributed by atoms with E-state index in [2.05, 4.69) is 21.0 Å². The minimum Gasteiger partial charge on any atom is -0.324 e. The molecule has 17 heavy (non-hydrogen) atoms. The second-order valence-electron chi connectivity index (χ2n) is 7.90. The highest BCUT2D eigenvalue weighted by Gasteiger charge is 2.58. The van der Waals surface area contributed by atoms with Crippen LogP contribution < -0.4 is 0 Å². The van der Waals surface area contributed by atoms with E-state index in [1.807, 2.05) is 0 Å². The second-order valence-corrected chi connectivity index (χ2v) is 7.90. The highest BCUT2D eigenvalue weighted by molar-refractivity contribution is 5.03. The lowest BCUT2D eigenvalue weighted by molar-refractivity contribution is -0.948. The van der Waals surface area contributed by atoms with Crippen molar-refractivity contribution < 1.29 is 4.48 Å². The molecule has 0 radical (unpaired) electrons. The van der Waals surface area contributed by atoms with Gasteiger partial charge in [0, 0.05) is 19.3 Å². The van der Waals surface area contributed by atoms with Crippen molar-refractivity contribution in [1.29, 1.82) is 0 Å². The van der Waals surface area contributed by atoms with Gasteiger partial charge in [-0.1, -0.05) is 13.3 Å². The van der Waals surface area contributed by atoms with Crippen molar-refractivity contribution in [3.8, 4) is 0 Å². The molecule has 4 rings (SSSR count). The fraction of sp³-hybridized carbons (Fsp3) is 1.00.